The maximum Gasteiger partial charge on any atom is 0.321 e. The maximum atomic E-state index is 14.5. The van der Waals surface area contributed by atoms with Crippen molar-refractivity contribution in [1.29, 1.82) is 0 Å². The number of terminal acetylenes is 1. The second-order valence-electron chi connectivity index (χ2n) is 6.74. The molecule has 134 valence electrons. The fourth-order valence-electron chi connectivity index (χ4n) is 4.05. The van der Waals surface area contributed by atoms with Gasteiger partial charge in [-0.05, 0) is 36.8 Å². The van der Waals surface area contributed by atoms with Crippen LogP contribution >= 0.6 is 11.6 Å². The van der Waals surface area contributed by atoms with Crippen molar-refractivity contribution < 1.29 is 19.0 Å². The zero-order valence-corrected chi connectivity index (χ0v) is 14.5. The van der Waals surface area contributed by atoms with Crippen LogP contribution in [0.5, 0.6) is 0 Å². The van der Waals surface area contributed by atoms with Gasteiger partial charge in [-0.1, -0.05) is 23.7 Å². The van der Waals surface area contributed by atoms with Crippen molar-refractivity contribution >= 4 is 17.6 Å². The van der Waals surface area contributed by atoms with E-state index in [-0.39, 0.29) is 16.6 Å². The number of hydrogen-bond donors (Lipinski definition) is 2. The first-order chi connectivity index (χ1) is 12.0. The number of aliphatic carboxylic acids is 1. The van der Waals surface area contributed by atoms with Crippen LogP contribution < -0.4 is 5.32 Å². The van der Waals surface area contributed by atoms with Gasteiger partial charge >= 0.3 is 5.97 Å². The Bertz CT molecular complexity index is 684. The van der Waals surface area contributed by atoms with Crippen LogP contribution in [-0.4, -0.2) is 36.4 Å². The van der Waals surface area contributed by atoms with E-state index in [2.05, 4.69) is 11.2 Å². The first kappa shape index (κ1) is 18.2. The van der Waals surface area contributed by atoms with E-state index in [4.69, 9.17) is 22.8 Å². The topological polar surface area (TPSA) is 58.6 Å². The van der Waals surface area contributed by atoms with E-state index in [9.17, 15) is 14.3 Å². The van der Waals surface area contributed by atoms with Crippen molar-refractivity contribution in [2.24, 2.45) is 11.8 Å². The van der Waals surface area contributed by atoms with Crippen molar-refractivity contribution in [3.63, 3.8) is 0 Å². The van der Waals surface area contributed by atoms with Gasteiger partial charge in [-0.15, -0.1) is 12.3 Å². The van der Waals surface area contributed by atoms with Gasteiger partial charge in [-0.25, -0.2) is 4.39 Å². The average molecular weight is 366 g/mol. The van der Waals surface area contributed by atoms with Gasteiger partial charge in [-0.2, -0.15) is 0 Å². The number of benzene rings is 1. The lowest BCUT2D eigenvalue weighted by molar-refractivity contribution is -0.139. The fraction of sp³-hybridized carbons (Fsp3) is 0.526. The Morgan fingerprint density at radius 2 is 2.16 bits per heavy atom. The summed E-state index contributed by atoms with van der Waals surface area (Å²) in [4.78, 5) is 11.8. The van der Waals surface area contributed by atoms with Crippen LogP contribution in [0.15, 0.2) is 18.2 Å². The minimum atomic E-state index is -1.03. The first-order valence-electron chi connectivity index (χ1n) is 8.49. The second kappa shape index (κ2) is 7.74. The quantitative estimate of drug-likeness (QED) is 0.805. The number of rotatable bonds is 4. The van der Waals surface area contributed by atoms with E-state index in [1.807, 2.05) is 0 Å². The molecule has 0 amide bonds. The zero-order chi connectivity index (χ0) is 18.0. The third-order valence-corrected chi connectivity index (χ3v) is 5.59. The molecule has 4 atom stereocenters. The van der Waals surface area contributed by atoms with Crippen molar-refractivity contribution in [1.82, 2.24) is 5.32 Å². The third-order valence-electron chi connectivity index (χ3n) is 5.30. The van der Waals surface area contributed by atoms with E-state index in [0.29, 0.717) is 19.1 Å². The van der Waals surface area contributed by atoms with Crippen molar-refractivity contribution in [2.75, 3.05) is 13.2 Å². The van der Waals surface area contributed by atoms with Crippen molar-refractivity contribution in [3.8, 4) is 12.3 Å². The molecule has 0 aromatic heterocycles. The molecule has 25 heavy (non-hydrogen) atoms. The minimum absolute atomic E-state index is 0.0229. The van der Waals surface area contributed by atoms with Gasteiger partial charge in [0.2, 0.25) is 0 Å². The van der Waals surface area contributed by atoms with E-state index in [0.717, 1.165) is 19.3 Å². The Balaban J connectivity index is 1.90. The highest BCUT2D eigenvalue weighted by Crippen LogP contribution is 2.41. The summed E-state index contributed by atoms with van der Waals surface area (Å²) in [7, 11) is 0. The number of carbonyl (C=O) groups is 1. The molecule has 2 heterocycles. The molecule has 0 spiro atoms. The monoisotopic (exact) mass is 365 g/mol. The molecule has 3 rings (SSSR count). The molecule has 0 saturated carbocycles. The predicted molar refractivity (Wildman–Crippen MR) is 93.0 cm³/mol. The summed E-state index contributed by atoms with van der Waals surface area (Å²) in [5, 5.41) is 12.8. The van der Waals surface area contributed by atoms with Crippen LogP contribution in [-0.2, 0) is 9.53 Å². The molecule has 0 aliphatic carbocycles. The summed E-state index contributed by atoms with van der Waals surface area (Å²) >= 11 is 5.89. The largest absolute Gasteiger partial charge is 0.480 e. The van der Waals surface area contributed by atoms with Crippen LogP contribution in [0.1, 0.15) is 30.7 Å². The lowest BCUT2D eigenvalue weighted by Crippen LogP contribution is -2.39. The lowest BCUT2D eigenvalue weighted by Gasteiger charge is -2.27. The number of ether oxygens (including phenoxy) is 1. The van der Waals surface area contributed by atoms with E-state index < -0.39 is 29.7 Å². The highest BCUT2D eigenvalue weighted by molar-refractivity contribution is 6.30. The Labute approximate surface area is 151 Å². The molecule has 2 N–H and O–H groups in total. The summed E-state index contributed by atoms with van der Waals surface area (Å²) in [6.07, 6.45) is 8.38. The van der Waals surface area contributed by atoms with Gasteiger partial charge in [0.25, 0.3) is 0 Å². The first-order valence-corrected chi connectivity index (χ1v) is 8.87. The van der Waals surface area contributed by atoms with E-state index in [1.165, 1.54) is 6.07 Å². The number of hydrogen-bond acceptors (Lipinski definition) is 3. The van der Waals surface area contributed by atoms with Crippen LogP contribution in [0, 0.1) is 30.0 Å². The van der Waals surface area contributed by atoms with Crippen LogP contribution in [0.4, 0.5) is 4.39 Å². The van der Waals surface area contributed by atoms with Gasteiger partial charge in [0.1, 0.15) is 11.9 Å². The molecule has 4 nitrogen and oxygen atoms in total. The lowest BCUT2D eigenvalue weighted by atomic mass is 9.79. The fourth-order valence-corrected chi connectivity index (χ4v) is 4.23. The van der Waals surface area contributed by atoms with Gasteiger partial charge < -0.3 is 9.84 Å². The smallest absolute Gasteiger partial charge is 0.321 e. The third kappa shape index (κ3) is 3.67. The van der Waals surface area contributed by atoms with E-state index >= 15 is 0 Å². The number of carboxylic acids is 1. The molecule has 1 aromatic rings. The summed E-state index contributed by atoms with van der Waals surface area (Å²) in [6.45, 7) is 1.43. The zero-order valence-electron chi connectivity index (χ0n) is 13.8. The summed E-state index contributed by atoms with van der Waals surface area (Å²) < 4.78 is 19.9. The van der Waals surface area contributed by atoms with Crippen LogP contribution in [0.25, 0.3) is 0 Å². The molecular weight excluding hydrogens is 345 g/mol. The van der Waals surface area contributed by atoms with Gasteiger partial charge in [-0.3, -0.25) is 10.1 Å². The molecular formula is C19H21ClFNO3. The van der Waals surface area contributed by atoms with Gasteiger partial charge in [0.05, 0.1) is 5.02 Å². The van der Waals surface area contributed by atoms with Crippen LogP contribution in [0.2, 0.25) is 5.02 Å². The van der Waals surface area contributed by atoms with Gasteiger partial charge in [0, 0.05) is 31.1 Å². The van der Waals surface area contributed by atoms with Crippen molar-refractivity contribution in [3.05, 3.63) is 34.6 Å². The minimum Gasteiger partial charge on any atom is -0.480 e. The summed E-state index contributed by atoms with van der Waals surface area (Å²) in [6, 6.07) is 3.54. The normalized spacial score (nSPS) is 30.1. The molecule has 2 fully saturated rings. The number of carboxylic acid groups (broad SMARTS) is 1. The highest BCUT2D eigenvalue weighted by Gasteiger charge is 2.47. The number of halogens is 2. The van der Waals surface area contributed by atoms with Gasteiger partial charge in [0.15, 0.2) is 0 Å². The Morgan fingerprint density at radius 1 is 1.44 bits per heavy atom. The standard InChI is InChI=1S/C19H21ClFNO3/c1-2-12-15(10-11-6-8-25-9-7-11)22-18(19(23)24)16(12)13-4-3-5-14(20)17(13)21/h1,3-5,11-12,15-16,18,22H,6-10H2,(H,23,24)/t12?,15-,16-,18+/m0/s1. The Kier molecular flexibility index (Phi) is 5.63. The van der Waals surface area contributed by atoms with E-state index in [1.54, 1.807) is 12.1 Å². The Morgan fingerprint density at radius 3 is 2.80 bits per heavy atom. The molecule has 6 heteroatoms. The van der Waals surface area contributed by atoms with Crippen LogP contribution in [0.3, 0.4) is 0 Å². The molecule has 1 unspecified atom stereocenters. The number of nitrogens with one attached hydrogen (secondary N) is 1. The molecule has 0 radical (unpaired) electrons. The molecule has 2 saturated heterocycles. The molecule has 1 aromatic carbocycles. The SMILES string of the molecule is C#CC1[C@H](CC2CCOCC2)N[C@@H](C(=O)O)[C@@H]1c1cccc(Cl)c1F. The van der Waals surface area contributed by atoms with Crippen molar-refractivity contribution in [2.45, 2.75) is 37.3 Å². The second-order valence-corrected chi connectivity index (χ2v) is 7.15. The molecule has 0 bridgehead atoms. The maximum absolute atomic E-state index is 14.5. The summed E-state index contributed by atoms with van der Waals surface area (Å²) in [5.41, 5.74) is 0.268. The average Bonchev–Trinajstić information content (AvgIpc) is 2.96. The molecule has 2 aliphatic heterocycles. The highest BCUT2D eigenvalue weighted by atomic mass is 35.5. The molecule has 2 aliphatic rings. The predicted octanol–water partition coefficient (Wildman–Crippen LogP) is 3.05. The summed E-state index contributed by atoms with van der Waals surface area (Å²) in [5.74, 6) is 0.477. The Hall–Kier alpha value is -1.61.